The van der Waals surface area contributed by atoms with Crippen LogP contribution in [0.4, 0.5) is 4.79 Å². The maximum absolute atomic E-state index is 11.3. The summed E-state index contributed by atoms with van der Waals surface area (Å²) in [5.41, 5.74) is 1.60. The zero-order valence-corrected chi connectivity index (χ0v) is 22.4. The minimum absolute atomic E-state index is 0.201. The number of carbonyl (C=O) groups excluding carboxylic acids is 1. The molecule has 0 aliphatic carbocycles. The first kappa shape index (κ1) is 35.4. The summed E-state index contributed by atoms with van der Waals surface area (Å²) in [6.45, 7) is 11.4. The molecule has 0 rings (SSSR count). The Labute approximate surface area is 219 Å². The molecule has 0 saturated carbocycles. The van der Waals surface area contributed by atoms with E-state index in [1.807, 2.05) is 0 Å². The van der Waals surface area contributed by atoms with Gasteiger partial charge in [0.05, 0.1) is 106 Å². The minimum atomic E-state index is -1.00. The first-order valence-electron chi connectivity index (χ1n) is 12.3. The van der Waals surface area contributed by atoms with Gasteiger partial charge in [-0.25, -0.2) is 9.59 Å². The summed E-state index contributed by atoms with van der Waals surface area (Å²) in [6, 6.07) is 0. The van der Waals surface area contributed by atoms with Crippen LogP contribution in [0.3, 0.4) is 0 Å². The van der Waals surface area contributed by atoms with Gasteiger partial charge in [-0.1, -0.05) is 0 Å². The zero-order chi connectivity index (χ0) is 27.5. The van der Waals surface area contributed by atoms with Crippen LogP contribution in [0.25, 0.3) is 0 Å². The van der Waals surface area contributed by atoms with Gasteiger partial charge in [-0.3, -0.25) is 4.84 Å². The van der Waals surface area contributed by atoms with Crippen molar-refractivity contribution in [1.29, 1.82) is 0 Å². The quantitative estimate of drug-likeness (QED) is 0.110. The average Bonchev–Trinajstić information content (AvgIpc) is 2.82. The second-order valence-electron chi connectivity index (χ2n) is 8.19. The maximum Gasteiger partial charge on any atom is 0.431 e. The largest absolute Gasteiger partial charge is 0.480 e. The lowest BCUT2D eigenvalue weighted by atomic mass is 10.2. The van der Waals surface area contributed by atoms with E-state index in [1.165, 1.54) is 0 Å². The fourth-order valence-electron chi connectivity index (χ4n) is 2.21. The smallest absolute Gasteiger partial charge is 0.431 e. The fraction of sp³-hybridized carbons (Fsp3) is 0.913. The molecule has 0 atom stereocenters. The lowest BCUT2D eigenvalue weighted by Crippen LogP contribution is -2.33. The molecule has 0 spiro atoms. The normalized spacial score (nSPS) is 11.5. The van der Waals surface area contributed by atoms with Gasteiger partial charge in [0.15, 0.2) is 0 Å². The van der Waals surface area contributed by atoms with Crippen molar-refractivity contribution in [3.8, 4) is 0 Å². The van der Waals surface area contributed by atoms with Crippen molar-refractivity contribution in [2.45, 2.75) is 26.4 Å². The lowest BCUT2D eigenvalue weighted by Gasteiger charge is -2.19. The second-order valence-corrected chi connectivity index (χ2v) is 8.19. The molecule has 0 heterocycles. The van der Waals surface area contributed by atoms with Crippen molar-refractivity contribution < 1.29 is 62.2 Å². The van der Waals surface area contributed by atoms with E-state index in [1.54, 1.807) is 20.8 Å². The number of aliphatic carboxylic acids is 1. The molecule has 0 unspecified atom stereocenters. The van der Waals surface area contributed by atoms with Crippen LogP contribution < -0.4 is 5.48 Å². The number of hydrogen-bond acceptors (Lipinski definition) is 12. The molecule has 0 radical (unpaired) electrons. The van der Waals surface area contributed by atoms with Gasteiger partial charge in [0.2, 0.25) is 0 Å². The highest BCUT2D eigenvalue weighted by atomic mass is 16.7. The molecule has 0 aromatic rings. The van der Waals surface area contributed by atoms with Gasteiger partial charge in [0.25, 0.3) is 0 Å². The Morgan fingerprint density at radius 1 is 0.541 bits per heavy atom. The van der Waals surface area contributed by atoms with E-state index in [-0.39, 0.29) is 19.8 Å². The van der Waals surface area contributed by atoms with E-state index in [9.17, 15) is 9.59 Å². The van der Waals surface area contributed by atoms with Gasteiger partial charge in [0.1, 0.15) is 12.2 Å². The van der Waals surface area contributed by atoms with E-state index >= 15 is 0 Å². The van der Waals surface area contributed by atoms with Crippen LogP contribution in [0.15, 0.2) is 0 Å². The van der Waals surface area contributed by atoms with Crippen LogP contribution in [0.5, 0.6) is 0 Å². The topological polar surface area (TPSA) is 159 Å². The van der Waals surface area contributed by atoms with Crippen LogP contribution in [-0.2, 0) is 52.3 Å². The predicted octanol–water partition coefficient (Wildman–Crippen LogP) is 0.660. The van der Waals surface area contributed by atoms with Crippen molar-refractivity contribution in [2.75, 3.05) is 112 Å². The first-order chi connectivity index (χ1) is 17.8. The summed E-state index contributed by atoms with van der Waals surface area (Å²) in [6.07, 6.45) is -0.642. The number of carboxylic acid groups (broad SMARTS) is 1. The van der Waals surface area contributed by atoms with Gasteiger partial charge in [-0.05, 0) is 20.8 Å². The van der Waals surface area contributed by atoms with E-state index < -0.39 is 17.7 Å². The van der Waals surface area contributed by atoms with Crippen molar-refractivity contribution >= 4 is 12.1 Å². The molecule has 1 amide bonds. The van der Waals surface area contributed by atoms with E-state index in [4.69, 9.17) is 52.6 Å². The van der Waals surface area contributed by atoms with Crippen molar-refractivity contribution in [1.82, 2.24) is 5.48 Å². The molecule has 0 aromatic carbocycles. The molecule has 0 aromatic heterocycles. The molecular formula is C23H45NO13. The number of ether oxygens (including phenoxy) is 9. The van der Waals surface area contributed by atoms with Crippen LogP contribution in [0.2, 0.25) is 0 Å². The molecular weight excluding hydrogens is 498 g/mol. The molecule has 0 fully saturated rings. The van der Waals surface area contributed by atoms with Crippen molar-refractivity contribution in [2.24, 2.45) is 0 Å². The molecule has 0 aliphatic heterocycles. The highest BCUT2D eigenvalue weighted by molar-refractivity contribution is 5.68. The first-order valence-corrected chi connectivity index (χ1v) is 12.3. The summed E-state index contributed by atoms with van der Waals surface area (Å²) in [7, 11) is 0. The standard InChI is InChI=1S/C23H45NO13/c1-23(2,3)37-22(27)24-36-19-18-34-15-14-32-11-10-30-7-6-28-4-5-29-8-9-31-12-13-33-16-17-35-20-21(25)26/h4-20H2,1-3H3,(H,24,27)(H,25,26). The van der Waals surface area contributed by atoms with Gasteiger partial charge in [-0.15, -0.1) is 0 Å². The third-order valence-corrected chi connectivity index (χ3v) is 3.71. The number of amides is 1. The Kier molecular flexibility index (Phi) is 24.9. The van der Waals surface area contributed by atoms with Gasteiger partial charge < -0.3 is 47.7 Å². The summed E-state index contributed by atoms with van der Waals surface area (Å²) in [5, 5.41) is 8.40. The molecule has 37 heavy (non-hydrogen) atoms. The van der Waals surface area contributed by atoms with E-state index in [0.717, 1.165) is 0 Å². The number of carboxylic acids is 1. The summed E-state index contributed by atoms with van der Waals surface area (Å²) in [5.74, 6) is -1.00. The summed E-state index contributed by atoms with van der Waals surface area (Å²) < 4.78 is 47.3. The van der Waals surface area contributed by atoms with Gasteiger partial charge in [-0.2, -0.15) is 5.48 Å². The third kappa shape index (κ3) is 32.4. The molecule has 0 bridgehead atoms. The van der Waals surface area contributed by atoms with E-state index in [2.05, 4.69) is 5.48 Å². The molecule has 0 saturated heterocycles. The zero-order valence-electron chi connectivity index (χ0n) is 22.4. The molecule has 14 heteroatoms. The Morgan fingerprint density at radius 2 is 0.838 bits per heavy atom. The van der Waals surface area contributed by atoms with Crippen molar-refractivity contribution in [3.05, 3.63) is 0 Å². The van der Waals surface area contributed by atoms with Gasteiger partial charge >= 0.3 is 12.1 Å². The number of carbonyl (C=O) groups is 2. The summed E-state index contributed by atoms with van der Waals surface area (Å²) in [4.78, 5) is 26.5. The second kappa shape index (κ2) is 26.0. The monoisotopic (exact) mass is 543 g/mol. The summed E-state index contributed by atoms with van der Waals surface area (Å²) >= 11 is 0. The predicted molar refractivity (Wildman–Crippen MR) is 130 cm³/mol. The number of nitrogens with one attached hydrogen (secondary N) is 1. The maximum atomic E-state index is 11.3. The fourth-order valence-corrected chi connectivity index (χ4v) is 2.21. The highest BCUT2D eigenvalue weighted by Gasteiger charge is 2.15. The lowest BCUT2D eigenvalue weighted by molar-refractivity contribution is -0.142. The highest BCUT2D eigenvalue weighted by Crippen LogP contribution is 2.06. The van der Waals surface area contributed by atoms with Crippen LogP contribution >= 0.6 is 0 Å². The Hall–Kier alpha value is -1.62. The number of hydroxylamine groups is 1. The molecule has 2 N–H and O–H groups in total. The minimum Gasteiger partial charge on any atom is -0.480 e. The Balaban J connectivity index is 3.11. The van der Waals surface area contributed by atoms with Crippen LogP contribution in [0.1, 0.15) is 20.8 Å². The van der Waals surface area contributed by atoms with Gasteiger partial charge in [0, 0.05) is 0 Å². The number of rotatable bonds is 27. The molecule has 0 aliphatic rings. The van der Waals surface area contributed by atoms with Crippen molar-refractivity contribution in [3.63, 3.8) is 0 Å². The molecule has 14 nitrogen and oxygen atoms in total. The number of hydrogen-bond donors (Lipinski definition) is 2. The average molecular weight is 544 g/mol. The Bertz CT molecular complexity index is 531. The molecule has 220 valence electrons. The third-order valence-electron chi connectivity index (χ3n) is 3.71. The SMILES string of the molecule is CC(C)(C)OC(=O)NOCCOCCOCCOCCOCCOCCOCCOCCOCC(=O)O. The van der Waals surface area contributed by atoms with E-state index in [0.29, 0.717) is 92.5 Å². The van der Waals surface area contributed by atoms with Crippen LogP contribution in [0, 0.1) is 0 Å². The Morgan fingerprint density at radius 3 is 1.14 bits per heavy atom. The van der Waals surface area contributed by atoms with Crippen LogP contribution in [-0.4, -0.2) is 135 Å².